The Morgan fingerprint density at radius 3 is 2.20 bits per heavy atom. The van der Waals surface area contributed by atoms with Gasteiger partial charge in [0.2, 0.25) is 5.75 Å². The number of hydrogen-bond donors (Lipinski definition) is 0. The van der Waals surface area contributed by atoms with Crippen LogP contribution in [0.4, 0.5) is 32.0 Å². The van der Waals surface area contributed by atoms with E-state index in [4.69, 9.17) is 5.26 Å². The van der Waals surface area contributed by atoms with Gasteiger partial charge in [-0.2, -0.15) is 18.4 Å². The largest absolute Gasteiger partial charge is 0.573 e. The lowest BCUT2D eigenvalue weighted by molar-refractivity contribution is -0.392. The van der Waals surface area contributed by atoms with Gasteiger partial charge >= 0.3 is 18.2 Å². The first-order valence-electron chi connectivity index (χ1n) is 4.37. The highest BCUT2D eigenvalue weighted by atomic mass is 19.4. The Labute approximate surface area is 105 Å². The molecule has 0 fully saturated rings. The summed E-state index contributed by atoms with van der Waals surface area (Å²) in [6, 6.07) is 0.984. The van der Waals surface area contributed by atoms with Crippen LogP contribution in [0.5, 0.6) is 5.75 Å². The number of aromatic nitrogens is 1. The van der Waals surface area contributed by atoms with Crippen molar-refractivity contribution in [1.29, 1.82) is 5.26 Å². The Bertz CT molecular complexity index is 589. The summed E-state index contributed by atoms with van der Waals surface area (Å²) in [5, 5.41) is 19.0. The van der Waals surface area contributed by atoms with E-state index in [9.17, 15) is 36.5 Å². The molecule has 0 aliphatic heterocycles. The van der Waals surface area contributed by atoms with Gasteiger partial charge in [0.1, 0.15) is 6.07 Å². The zero-order valence-electron chi connectivity index (χ0n) is 8.91. The molecular formula is C8HF6N3O3. The molecule has 20 heavy (non-hydrogen) atoms. The van der Waals surface area contributed by atoms with Crippen LogP contribution in [-0.4, -0.2) is 16.3 Å². The van der Waals surface area contributed by atoms with E-state index < -0.39 is 40.2 Å². The second-order valence-corrected chi connectivity index (χ2v) is 3.11. The van der Waals surface area contributed by atoms with Gasteiger partial charge in [0.25, 0.3) is 0 Å². The lowest BCUT2D eigenvalue weighted by Crippen LogP contribution is -2.21. The molecule has 108 valence electrons. The number of halogens is 6. The van der Waals surface area contributed by atoms with Crippen LogP contribution in [0.25, 0.3) is 0 Å². The summed E-state index contributed by atoms with van der Waals surface area (Å²) in [4.78, 5) is 11.6. The molecule has 12 heteroatoms. The van der Waals surface area contributed by atoms with E-state index >= 15 is 0 Å². The summed E-state index contributed by atoms with van der Waals surface area (Å²) >= 11 is 0. The first-order chi connectivity index (χ1) is 8.97. The Hall–Kier alpha value is -2.58. The lowest BCUT2D eigenvalue weighted by Gasteiger charge is -2.13. The van der Waals surface area contributed by atoms with Crippen molar-refractivity contribution in [2.45, 2.75) is 12.5 Å². The van der Waals surface area contributed by atoms with Gasteiger partial charge in [0, 0.05) is 6.20 Å². The molecule has 0 unspecified atom stereocenters. The third-order valence-corrected chi connectivity index (χ3v) is 1.82. The van der Waals surface area contributed by atoms with Crippen molar-refractivity contribution in [1.82, 2.24) is 4.98 Å². The van der Waals surface area contributed by atoms with E-state index in [1.165, 1.54) is 0 Å². The van der Waals surface area contributed by atoms with Crippen molar-refractivity contribution in [2.24, 2.45) is 0 Å². The number of nitro groups is 1. The normalized spacial score (nSPS) is 11.8. The van der Waals surface area contributed by atoms with Crippen molar-refractivity contribution in [3.05, 3.63) is 27.6 Å². The molecule has 6 nitrogen and oxygen atoms in total. The standard InChI is InChI=1S/C8HF6N3O3/c9-7(10,11)3-2-16-4(1-15)6(5(3)17(18)19)20-8(12,13)14/h2H. The summed E-state index contributed by atoms with van der Waals surface area (Å²) in [7, 11) is 0. The van der Waals surface area contributed by atoms with E-state index in [-0.39, 0.29) is 6.20 Å². The van der Waals surface area contributed by atoms with Crippen LogP contribution in [0.1, 0.15) is 11.3 Å². The fraction of sp³-hybridized carbons (Fsp3) is 0.250. The first-order valence-corrected chi connectivity index (χ1v) is 4.37. The Kier molecular flexibility index (Phi) is 3.74. The monoisotopic (exact) mass is 301 g/mol. The molecule has 0 aliphatic carbocycles. The third-order valence-electron chi connectivity index (χ3n) is 1.82. The first kappa shape index (κ1) is 15.5. The van der Waals surface area contributed by atoms with Crippen molar-refractivity contribution in [3.8, 4) is 11.8 Å². The van der Waals surface area contributed by atoms with Crippen LogP contribution >= 0.6 is 0 Å². The van der Waals surface area contributed by atoms with Crippen LogP contribution in [0.15, 0.2) is 6.20 Å². The van der Waals surface area contributed by atoms with Crippen molar-refractivity contribution in [2.75, 3.05) is 0 Å². The molecule has 0 amide bonds. The van der Waals surface area contributed by atoms with Crippen LogP contribution < -0.4 is 4.74 Å². The van der Waals surface area contributed by atoms with Gasteiger partial charge in [-0.3, -0.25) is 10.1 Å². The van der Waals surface area contributed by atoms with Crippen LogP contribution in [0.2, 0.25) is 0 Å². The molecule has 0 radical (unpaired) electrons. The topological polar surface area (TPSA) is 89.0 Å². The van der Waals surface area contributed by atoms with E-state index in [0.717, 1.165) is 6.07 Å². The number of alkyl halides is 6. The van der Waals surface area contributed by atoms with E-state index in [1.807, 2.05) is 0 Å². The number of nitrogens with zero attached hydrogens (tertiary/aromatic N) is 3. The van der Waals surface area contributed by atoms with Gasteiger partial charge in [-0.25, -0.2) is 4.98 Å². The van der Waals surface area contributed by atoms with Gasteiger partial charge in [-0.05, 0) is 0 Å². The maximum Gasteiger partial charge on any atom is 0.573 e. The molecule has 0 atom stereocenters. The zero-order chi connectivity index (χ0) is 15.7. The Morgan fingerprint density at radius 1 is 1.30 bits per heavy atom. The molecule has 1 aromatic heterocycles. The molecule has 1 aromatic rings. The molecule has 0 aromatic carbocycles. The maximum atomic E-state index is 12.5. The third kappa shape index (κ3) is 3.25. The minimum absolute atomic E-state index is 0.111. The van der Waals surface area contributed by atoms with Crippen LogP contribution in [-0.2, 0) is 6.18 Å². The van der Waals surface area contributed by atoms with E-state index in [1.54, 1.807) is 0 Å². The fourth-order valence-electron chi connectivity index (χ4n) is 1.16. The zero-order valence-corrected chi connectivity index (χ0v) is 8.91. The summed E-state index contributed by atoms with van der Waals surface area (Å²) in [6.45, 7) is 0. The number of nitriles is 1. The van der Waals surface area contributed by atoms with Gasteiger partial charge in [-0.1, -0.05) is 0 Å². The summed E-state index contributed by atoms with van der Waals surface area (Å²) in [5.74, 6) is -1.90. The number of rotatable bonds is 2. The molecule has 0 saturated carbocycles. The van der Waals surface area contributed by atoms with E-state index in [2.05, 4.69) is 9.72 Å². The molecule has 1 heterocycles. The Morgan fingerprint density at radius 2 is 1.85 bits per heavy atom. The highest BCUT2D eigenvalue weighted by Crippen LogP contribution is 2.43. The smallest absolute Gasteiger partial charge is 0.395 e. The van der Waals surface area contributed by atoms with Crippen LogP contribution in [0, 0.1) is 21.4 Å². The Balaban J connectivity index is 3.68. The molecule has 0 N–H and O–H groups in total. The van der Waals surface area contributed by atoms with Gasteiger partial charge in [-0.15, -0.1) is 13.2 Å². The second kappa shape index (κ2) is 4.83. The highest BCUT2D eigenvalue weighted by Gasteiger charge is 2.45. The summed E-state index contributed by atoms with van der Waals surface area (Å²) < 4.78 is 76.8. The quantitative estimate of drug-likeness (QED) is 0.476. The fourth-order valence-corrected chi connectivity index (χ4v) is 1.16. The molecular weight excluding hydrogens is 300 g/mol. The van der Waals surface area contributed by atoms with Gasteiger partial charge in [0.15, 0.2) is 11.3 Å². The molecule has 0 bridgehead atoms. The predicted octanol–water partition coefficient (Wildman–Crippen LogP) is 2.78. The molecule has 1 rings (SSSR count). The predicted molar refractivity (Wildman–Crippen MR) is 47.3 cm³/mol. The minimum Gasteiger partial charge on any atom is -0.395 e. The number of pyridine rings is 1. The van der Waals surface area contributed by atoms with Gasteiger partial charge in [0.05, 0.1) is 4.92 Å². The molecule has 0 spiro atoms. The van der Waals surface area contributed by atoms with Crippen molar-refractivity contribution in [3.63, 3.8) is 0 Å². The average molecular weight is 301 g/mol. The summed E-state index contributed by atoms with van der Waals surface area (Å²) in [5.41, 5.74) is -5.37. The van der Waals surface area contributed by atoms with Crippen molar-refractivity contribution >= 4 is 5.69 Å². The van der Waals surface area contributed by atoms with Gasteiger partial charge < -0.3 is 4.74 Å². The second-order valence-electron chi connectivity index (χ2n) is 3.11. The maximum absolute atomic E-state index is 12.5. The highest BCUT2D eigenvalue weighted by molar-refractivity contribution is 5.58. The SMILES string of the molecule is N#Cc1ncc(C(F)(F)F)c([N+](=O)[O-])c1OC(F)(F)F. The number of hydrogen-bond acceptors (Lipinski definition) is 5. The molecule has 0 saturated heterocycles. The molecule has 0 aliphatic rings. The number of ether oxygens (including phenoxy) is 1. The van der Waals surface area contributed by atoms with E-state index in [0.29, 0.717) is 0 Å². The summed E-state index contributed by atoms with van der Waals surface area (Å²) in [6.07, 6.45) is -11.0. The lowest BCUT2D eigenvalue weighted by atomic mass is 10.2. The minimum atomic E-state index is -5.53. The van der Waals surface area contributed by atoms with Crippen molar-refractivity contribution < 1.29 is 36.0 Å². The van der Waals surface area contributed by atoms with Crippen LogP contribution in [0.3, 0.4) is 0 Å². The average Bonchev–Trinajstić information content (AvgIpc) is 2.24.